The number of carboxylic acids is 1. The van der Waals surface area contributed by atoms with Crippen molar-refractivity contribution in [3.63, 3.8) is 0 Å². The van der Waals surface area contributed by atoms with Gasteiger partial charge in [0.1, 0.15) is 6.10 Å². The third-order valence-corrected chi connectivity index (χ3v) is 2.87. The van der Waals surface area contributed by atoms with Crippen molar-refractivity contribution >= 4 is 11.9 Å². The number of benzene rings is 1. The van der Waals surface area contributed by atoms with E-state index in [4.69, 9.17) is 4.74 Å². The maximum absolute atomic E-state index is 11.8. The number of nitrogens with one attached hydrogen (secondary N) is 1. The van der Waals surface area contributed by atoms with Crippen LogP contribution in [0.15, 0.2) is 30.3 Å². The molecule has 0 radical (unpaired) electrons. The molecule has 0 aliphatic carbocycles. The Bertz CT molecular complexity index is 432. The maximum atomic E-state index is 11.8. The van der Waals surface area contributed by atoms with E-state index in [0.29, 0.717) is 5.56 Å². The Morgan fingerprint density at radius 2 is 1.89 bits per heavy atom. The molecule has 2 N–H and O–H groups in total. The minimum Gasteiger partial charge on any atom is -0.479 e. The standard InChI is InChI=1S/C13H17NO4/c1-9(18-3)11(15)14-13(2,12(16)17)10-7-5-4-6-8-10/h4-9H,1-3H3,(H,14,15)(H,16,17). The predicted molar refractivity (Wildman–Crippen MR) is 66.0 cm³/mol. The lowest BCUT2D eigenvalue weighted by atomic mass is 9.92. The van der Waals surface area contributed by atoms with Crippen LogP contribution in [0.5, 0.6) is 0 Å². The molecule has 5 heteroatoms. The van der Waals surface area contributed by atoms with Crippen LogP contribution in [-0.4, -0.2) is 30.2 Å². The highest BCUT2D eigenvalue weighted by atomic mass is 16.5. The van der Waals surface area contributed by atoms with Gasteiger partial charge in [0.15, 0.2) is 5.54 Å². The van der Waals surface area contributed by atoms with Gasteiger partial charge in [0.05, 0.1) is 0 Å². The molecule has 0 fully saturated rings. The van der Waals surface area contributed by atoms with Crippen molar-refractivity contribution in [1.29, 1.82) is 0 Å². The minimum absolute atomic E-state index is 0.466. The summed E-state index contributed by atoms with van der Waals surface area (Å²) >= 11 is 0. The van der Waals surface area contributed by atoms with Gasteiger partial charge < -0.3 is 15.2 Å². The summed E-state index contributed by atoms with van der Waals surface area (Å²) in [5.74, 6) is -1.59. The van der Waals surface area contributed by atoms with Crippen molar-refractivity contribution < 1.29 is 19.4 Å². The highest BCUT2D eigenvalue weighted by Gasteiger charge is 2.37. The molecule has 18 heavy (non-hydrogen) atoms. The Kier molecular flexibility index (Phi) is 4.44. The van der Waals surface area contributed by atoms with Crippen LogP contribution in [0, 0.1) is 0 Å². The molecule has 98 valence electrons. The summed E-state index contributed by atoms with van der Waals surface area (Å²) in [5, 5.41) is 11.8. The summed E-state index contributed by atoms with van der Waals surface area (Å²) in [6, 6.07) is 8.55. The number of carboxylic acid groups (broad SMARTS) is 1. The van der Waals surface area contributed by atoms with Gasteiger partial charge in [0, 0.05) is 7.11 Å². The third kappa shape index (κ3) is 2.87. The number of amides is 1. The van der Waals surface area contributed by atoms with Crippen molar-refractivity contribution in [2.75, 3.05) is 7.11 Å². The van der Waals surface area contributed by atoms with Crippen LogP contribution in [-0.2, 0) is 19.9 Å². The average Bonchev–Trinajstić information content (AvgIpc) is 2.38. The molecule has 0 aliphatic heterocycles. The zero-order valence-corrected chi connectivity index (χ0v) is 10.6. The smallest absolute Gasteiger partial charge is 0.333 e. The average molecular weight is 251 g/mol. The van der Waals surface area contributed by atoms with Crippen LogP contribution in [0.4, 0.5) is 0 Å². The number of carbonyl (C=O) groups is 2. The molecule has 0 bridgehead atoms. The first-order chi connectivity index (χ1) is 8.41. The van der Waals surface area contributed by atoms with E-state index in [9.17, 15) is 14.7 Å². The Balaban J connectivity index is 3.03. The minimum atomic E-state index is -1.47. The molecular formula is C13H17NO4. The van der Waals surface area contributed by atoms with Gasteiger partial charge in [0.2, 0.25) is 5.91 Å². The molecule has 1 amide bonds. The molecule has 1 rings (SSSR count). The van der Waals surface area contributed by atoms with Crippen LogP contribution in [0.2, 0.25) is 0 Å². The Morgan fingerprint density at radius 3 is 2.33 bits per heavy atom. The molecule has 0 aromatic heterocycles. The van der Waals surface area contributed by atoms with Crippen molar-refractivity contribution in [3.8, 4) is 0 Å². The van der Waals surface area contributed by atoms with Gasteiger partial charge in [-0.15, -0.1) is 0 Å². The summed E-state index contributed by atoms with van der Waals surface area (Å²) in [4.78, 5) is 23.2. The lowest BCUT2D eigenvalue weighted by Crippen LogP contribution is -2.52. The molecule has 5 nitrogen and oxygen atoms in total. The number of rotatable bonds is 5. The number of carbonyl (C=O) groups excluding carboxylic acids is 1. The molecule has 2 unspecified atom stereocenters. The fourth-order valence-corrected chi connectivity index (χ4v) is 1.48. The first-order valence-electron chi connectivity index (χ1n) is 5.55. The molecule has 1 aromatic carbocycles. The zero-order valence-electron chi connectivity index (χ0n) is 10.6. The molecule has 0 spiro atoms. The van der Waals surface area contributed by atoms with Crippen LogP contribution in [0.1, 0.15) is 19.4 Å². The molecular weight excluding hydrogens is 234 g/mol. The van der Waals surface area contributed by atoms with E-state index in [-0.39, 0.29) is 0 Å². The lowest BCUT2D eigenvalue weighted by Gasteiger charge is -2.28. The van der Waals surface area contributed by atoms with Gasteiger partial charge in [-0.3, -0.25) is 4.79 Å². The largest absolute Gasteiger partial charge is 0.479 e. The second-order valence-corrected chi connectivity index (χ2v) is 4.16. The fraction of sp³-hybridized carbons (Fsp3) is 0.385. The maximum Gasteiger partial charge on any atom is 0.333 e. The molecule has 2 atom stereocenters. The third-order valence-electron chi connectivity index (χ3n) is 2.87. The molecule has 0 aliphatic rings. The second kappa shape index (κ2) is 5.64. The summed E-state index contributed by atoms with van der Waals surface area (Å²) in [6.07, 6.45) is -0.701. The van der Waals surface area contributed by atoms with E-state index in [2.05, 4.69) is 5.32 Å². The van der Waals surface area contributed by atoms with Crippen LogP contribution in [0.25, 0.3) is 0 Å². The van der Waals surface area contributed by atoms with Crippen LogP contribution >= 0.6 is 0 Å². The van der Waals surface area contributed by atoms with Gasteiger partial charge >= 0.3 is 5.97 Å². The van der Waals surface area contributed by atoms with E-state index in [0.717, 1.165) is 0 Å². The van der Waals surface area contributed by atoms with Gasteiger partial charge in [0.25, 0.3) is 0 Å². The highest BCUT2D eigenvalue weighted by molar-refractivity contribution is 5.89. The fourth-order valence-electron chi connectivity index (χ4n) is 1.48. The van der Waals surface area contributed by atoms with E-state index in [1.54, 1.807) is 37.3 Å². The van der Waals surface area contributed by atoms with Gasteiger partial charge in [-0.25, -0.2) is 4.79 Å². The predicted octanol–water partition coefficient (Wildman–Crippen LogP) is 1.14. The van der Waals surface area contributed by atoms with E-state index >= 15 is 0 Å². The summed E-state index contributed by atoms with van der Waals surface area (Å²) in [5.41, 5.74) is -0.959. The summed E-state index contributed by atoms with van der Waals surface area (Å²) < 4.78 is 4.87. The van der Waals surface area contributed by atoms with Crippen molar-refractivity contribution in [2.24, 2.45) is 0 Å². The monoisotopic (exact) mass is 251 g/mol. The van der Waals surface area contributed by atoms with Crippen LogP contribution in [0.3, 0.4) is 0 Å². The summed E-state index contributed by atoms with van der Waals surface area (Å²) in [6.45, 7) is 3.01. The van der Waals surface area contributed by atoms with Crippen molar-refractivity contribution in [2.45, 2.75) is 25.5 Å². The Morgan fingerprint density at radius 1 is 1.33 bits per heavy atom. The number of methoxy groups -OCH3 is 1. The first kappa shape index (κ1) is 14.2. The van der Waals surface area contributed by atoms with E-state index < -0.39 is 23.5 Å². The van der Waals surface area contributed by atoms with Crippen molar-refractivity contribution in [3.05, 3.63) is 35.9 Å². The molecule has 0 saturated carbocycles. The van der Waals surface area contributed by atoms with Crippen molar-refractivity contribution in [1.82, 2.24) is 5.32 Å². The van der Waals surface area contributed by atoms with Gasteiger partial charge in [-0.05, 0) is 19.4 Å². The highest BCUT2D eigenvalue weighted by Crippen LogP contribution is 2.21. The topological polar surface area (TPSA) is 75.6 Å². The van der Waals surface area contributed by atoms with Gasteiger partial charge in [-0.2, -0.15) is 0 Å². The number of ether oxygens (including phenoxy) is 1. The van der Waals surface area contributed by atoms with E-state index in [1.807, 2.05) is 0 Å². The summed E-state index contributed by atoms with van der Waals surface area (Å²) in [7, 11) is 1.39. The molecule has 1 aromatic rings. The van der Waals surface area contributed by atoms with Crippen LogP contribution < -0.4 is 5.32 Å². The number of hydrogen-bond donors (Lipinski definition) is 2. The SMILES string of the molecule is COC(C)C(=O)NC(C)(C(=O)O)c1ccccc1. The van der Waals surface area contributed by atoms with E-state index in [1.165, 1.54) is 14.0 Å². The molecule has 0 heterocycles. The first-order valence-corrected chi connectivity index (χ1v) is 5.55. The Hall–Kier alpha value is -1.88. The number of hydrogen-bond acceptors (Lipinski definition) is 3. The normalized spacial score (nSPS) is 15.5. The molecule has 0 saturated heterocycles. The quantitative estimate of drug-likeness (QED) is 0.822. The Labute approximate surface area is 106 Å². The number of aliphatic carboxylic acids is 1. The van der Waals surface area contributed by atoms with Gasteiger partial charge in [-0.1, -0.05) is 30.3 Å². The zero-order chi connectivity index (χ0) is 13.8. The lowest BCUT2D eigenvalue weighted by molar-refractivity contribution is -0.149. The second-order valence-electron chi connectivity index (χ2n) is 4.16.